The smallest absolute Gasteiger partial charge is 0.273 e. The Morgan fingerprint density at radius 1 is 1.14 bits per heavy atom. The molecule has 2 aromatic carbocycles. The molecule has 2 aromatic heterocycles. The number of carbonyl (C=O) groups is 1. The predicted octanol–water partition coefficient (Wildman–Crippen LogP) is 4.12. The number of hydrogen-bond donors (Lipinski definition) is 1. The van der Waals surface area contributed by atoms with Crippen molar-refractivity contribution in [2.75, 3.05) is 5.32 Å². The molecule has 28 heavy (non-hydrogen) atoms. The fourth-order valence-electron chi connectivity index (χ4n) is 3.47. The summed E-state index contributed by atoms with van der Waals surface area (Å²) in [5.74, 6) is -0.189. The molecule has 0 saturated carbocycles. The summed E-state index contributed by atoms with van der Waals surface area (Å²) >= 11 is 6.07. The standard InChI is InChI=1S/C21H19ClN4O2/c1-12-8-9-15(22)11-17(12)23-21(28)14(3)26-18-7-5-4-6-16(18)20-24-19(27)10-13(2)25(20)26/h4-11,14H,1-3H3,(H,23,28)/t14-/m1/s1. The number of aryl methyl sites for hydroxylation is 2. The van der Waals surface area contributed by atoms with Crippen LogP contribution in [0.4, 0.5) is 5.69 Å². The molecule has 0 spiro atoms. The molecule has 6 nitrogen and oxygen atoms in total. The summed E-state index contributed by atoms with van der Waals surface area (Å²) in [6.07, 6.45) is 0. The van der Waals surface area contributed by atoms with Crippen LogP contribution in [0.15, 0.2) is 53.3 Å². The maximum atomic E-state index is 13.1. The van der Waals surface area contributed by atoms with Gasteiger partial charge in [0.05, 0.1) is 5.52 Å². The predicted molar refractivity (Wildman–Crippen MR) is 111 cm³/mol. The number of para-hydroxylation sites is 1. The third kappa shape index (κ3) is 2.96. The number of nitrogens with one attached hydrogen (secondary N) is 1. The minimum atomic E-state index is -0.552. The van der Waals surface area contributed by atoms with Crippen molar-refractivity contribution >= 4 is 39.7 Å². The van der Waals surface area contributed by atoms with E-state index in [4.69, 9.17) is 11.6 Å². The fourth-order valence-corrected chi connectivity index (χ4v) is 3.64. The zero-order valence-electron chi connectivity index (χ0n) is 15.7. The highest BCUT2D eigenvalue weighted by atomic mass is 35.5. The molecule has 0 radical (unpaired) electrons. The first-order valence-corrected chi connectivity index (χ1v) is 9.31. The van der Waals surface area contributed by atoms with Crippen LogP contribution in [0, 0.1) is 13.8 Å². The van der Waals surface area contributed by atoms with Crippen LogP contribution < -0.4 is 10.9 Å². The average molecular weight is 395 g/mol. The number of halogens is 1. The van der Waals surface area contributed by atoms with Gasteiger partial charge in [-0.25, -0.2) is 4.52 Å². The highest BCUT2D eigenvalue weighted by Gasteiger charge is 2.22. The zero-order chi connectivity index (χ0) is 20.0. The maximum Gasteiger partial charge on any atom is 0.273 e. The van der Waals surface area contributed by atoms with Crippen LogP contribution >= 0.6 is 11.6 Å². The molecule has 1 amide bonds. The van der Waals surface area contributed by atoms with E-state index in [1.165, 1.54) is 6.07 Å². The van der Waals surface area contributed by atoms with Crippen LogP contribution in [-0.2, 0) is 4.79 Å². The first kappa shape index (κ1) is 18.3. The number of aromatic nitrogens is 3. The van der Waals surface area contributed by atoms with Gasteiger partial charge < -0.3 is 5.32 Å². The van der Waals surface area contributed by atoms with Gasteiger partial charge in [0.15, 0.2) is 5.65 Å². The Bertz CT molecular complexity index is 1290. The molecule has 0 fully saturated rings. The second-order valence-corrected chi connectivity index (χ2v) is 7.29. The number of anilines is 1. The second-order valence-electron chi connectivity index (χ2n) is 6.86. The summed E-state index contributed by atoms with van der Waals surface area (Å²) in [4.78, 5) is 29.2. The number of carbonyl (C=O) groups excluding carboxylic acids is 1. The molecule has 0 aliphatic heterocycles. The van der Waals surface area contributed by atoms with Crippen LogP contribution in [0.5, 0.6) is 0 Å². The lowest BCUT2D eigenvalue weighted by Gasteiger charge is -2.19. The van der Waals surface area contributed by atoms with Gasteiger partial charge in [-0.2, -0.15) is 4.98 Å². The van der Waals surface area contributed by atoms with Gasteiger partial charge >= 0.3 is 0 Å². The normalized spacial score (nSPS) is 12.4. The van der Waals surface area contributed by atoms with Crippen molar-refractivity contribution in [1.82, 2.24) is 14.2 Å². The number of fused-ring (bicyclic) bond motifs is 3. The first-order chi connectivity index (χ1) is 13.4. The molecule has 0 saturated heterocycles. The van der Waals surface area contributed by atoms with Crippen LogP contribution in [0.25, 0.3) is 16.6 Å². The highest BCUT2D eigenvalue weighted by molar-refractivity contribution is 6.31. The molecule has 1 N–H and O–H groups in total. The van der Waals surface area contributed by atoms with Gasteiger partial charge in [-0.1, -0.05) is 29.8 Å². The van der Waals surface area contributed by atoms with Crippen molar-refractivity contribution in [3.8, 4) is 0 Å². The lowest BCUT2D eigenvalue weighted by molar-refractivity contribution is -0.119. The Morgan fingerprint density at radius 3 is 2.68 bits per heavy atom. The zero-order valence-corrected chi connectivity index (χ0v) is 16.5. The molecule has 0 bridgehead atoms. The van der Waals surface area contributed by atoms with Crippen LogP contribution in [-0.4, -0.2) is 20.1 Å². The molecule has 142 valence electrons. The molecule has 0 unspecified atom stereocenters. The number of amides is 1. The Labute approximate surface area is 166 Å². The van der Waals surface area contributed by atoms with Crippen LogP contribution in [0.3, 0.4) is 0 Å². The molecule has 0 aliphatic carbocycles. The minimum Gasteiger partial charge on any atom is -0.324 e. The van der Waals surface area contributed by atoms with Gasteiger partial charge in [-0.15, -0.1) is 0 Å². The van der Waals surface area contributed by atoms with E-state index in [1.807, 2.05) is 60.3 Å². The monoisotopic (exact) mass is 394 g/mol. The van der Waals surface area contributed by atoms with E-state index >= 15 is 0 Å². The summed E-state index contributed by atoms with van der Waals surface area (Å²) in [6, 6.07) is 13.9. The topological polar surface area (TPSA) is 68.4 Å². The van der Waals surface area contributed by atoms with Crippen molar-refractivity contribution in [3.05, 3.63) is 75.2 Å². The lowest BCUT2D eigenvalue weighted by atomic mass is 10.2. The third-order valence-electron chi connectivity index (χ3n) is 4.89. The SMILES string of the molecule is Cc1ccc(Cl)cc1NC(=O)[C@@H](C)n1c2ccccc2c2nc(=O)cc(C)n21. The van der Waals surface area contributed by atoms with E-state index in [0.717, 1.165) is 16.5 Å². The first-order valence-electron chi connectivity index (χ1n) is 8.93. The number of hydrogen-bond acceptors (Lipinski definition) is 3. The van der Waals surface area contributed by atoms with Crippen LogP contribution in [0.1, 0.15) is 24.2 Å². The Balaban J connectivity index is 1.86. The molecular weight excluding hydrogens is 376 g/mol. The van der Waals surface area contributed by atoms with Crippen molar-refractivity contribution in [2.45, 2.75) is 26.8 Å². The Morgan fingerprint density at radius 2 is 1.89 bits per heavy atom. The second kappa shape index (κ2) is 6.80. The molecule has 4 rings (SSSR count). The van der Waals surface area contributed by atoms with Crippen molar-refractivity contribution in [3.63, 3.8) is 0 Å². The largest absolute Gasteiger partial charge is 0.324 e. The maximum absolute atomic E-state index is 13.1. The van der Waals surface area contributed by atoms with E-state index in [-0.39, 0.29) is 11.5 Å². The molecule has 7 heteroatoms. The van der Waals surface area contributed by atoms with Gasteiger partial charge in [0.25, 0.3) is 5.56 Å². The summed E-state index contributed by atoms with van der Waals surface area (Å²) in [7, 11) is 0. The molecular formula is C21H19ClN4O2. The highest BCUT2D eigenvalue weighted by Crippen LogP contribution is 2.26. The third-order valence-corrected chi connectivity index (χ3v) is 5.13. The van der Waals surface area contributed by atoms with Crippen molar-refractivity contribution in [2.24, 2.45) is 0 Å². The van der Waals surface area contributed by atoms with Gasteiger partial charge in [0.2, 0.25) is 5.91 Å². The van der Waals surface area contributed by atoms with E-state index in [2.05, 4.69) is 10.3 Å². The molecule has 1 atom stereocenters. The van der Waals surface area contributed by atoms with E-state index < -0.39 is 6.04 Å². The summed E-state index contributed by atoms with van der Waals surface area (Å²) < 4.78 is 3.68. The van der Waals surface area contributed by atoms with Gasteiger partial charge in [-0.3, -0.25) is 14.3 Å². The molecule has 4 aromatic rings. The Kier molecular flexibility index (Phi) is 4.43. The van der Waals surface area contributed by atoms with E-state index in [9.17, 15) is 9.59 Å². The van der Waals surface area contributed by atoms with Gasteiger partial charge in [0, 0.05) is 27.9 Å². The molecule has 0 aliphatic rings. The van der Waals surface area contributed by atoms with Crippen molar-refractivity contribution in [1.29, 1.82) is 0 Å². The number of nitrogens with zero attached hydrogens (tertiary/aromatic N) is 3. The van der Waals surface area contributed by atoms with E-state index in [1.54, 1.807) is 12.1 Å². The quantitative estimate of drug-likeness (QED) is 0.568. The summed E-state index contributed by atoms with van der Waals surface area (Å²) in [5.41, 5.74) is 3.38. The number of benzene rings is 2. The summed E-state index contributed by atoms with van der Waals surface area (Å²) in [5, 5.41) is 4.34. The lowest BCUT2D eigenvalue weighted by Crippen LogP contribution is -2.27. The van der Waals surface area contributed by atoms with Crippen LogP contribution in [0.2, 0.25) is 5.02 Å². The molecule has 2 heterocycles. The van der Waals surface area contributed by atoms with Crippen molar-refractivity contribution < 1.29 is 4.79 Å². The van der Waals surface area contributed by atoms with Gasteiger partial charge in [-0.05, 0) is 50.6 Å². The minimum absolute atomic E-state index is 0.189. The summed E-state index contributed by atoms with van der Waals surface area (Å²) in [6.45, 7) is 5.56. The average Bonchev–Trinajstić information content (AvgIpc) is 2.99. The van der Waals surface area contributed by atoms with Gasteiger partial charge in [0.1, 0.15) is 6.04 Å². The van der Waals surface area contributed by atoms with E-state index in [0.29, 0.717) is 22.1 Å². The number of rotatable bonds is 3. The fraction of sp³-hybridized carbons (Fsp3) is 0.190. The Hall–Kier alpha value is -3.12.